The van der Waals surface area contributed by atoms with Crippen molar-refractivity contribution in [3.63, 3.8) is 0 Å². The molecule has 0 spiro atoms. The van der Waals surface area contributed by atoms with Crippen LogP contribution in [0.25, 0.3) is 6.08 Å². The van der Waals surface area contributed by atoms with Gasteiger partial charge in [0, 0.05) is 0 Å². The van der Waals surface area contributed by atoms with Gasteiger partial charge in [0.2, 0.25) is 0 Å². The molecular formula is C14H16O3. The summed E-state index contributed by atoms with van der Waals surface area (Å²) >= 11 is 0. The van der Waals surface area contributed by atoms with Crippen molar-refractivity contribution in [3.8, 4) is 11.5 Å². The summed E-state index contributed by atoms with van der Waals surface area (Å²) in [6.07, 6.45) is 6.48. The Hall–Kier alpha value is -2.03. The van der Waals surface area contributed by atoms with Gasteiger partial charge in [-0.25, -0.2) is 0 Å². The molecule has 0 aliphatic heterocycles. The predicted molar refractivity (Wildman–Crippen MR) is 68.4 cm³/mol. The van der Waals surface area contributed by atoms with Crippen molar-refractivity contribution in [2.75, 3.05) is 14.2 Å². The summed E-state index contributed by atoms with van der Waals surface area (Å²) in [5.41, 5.74) is 0.889. The summed E-state index contributed by atoms with van der Waals surface area (Å²) in [5, 5.41) is 0. The number of carbonyl (C=O) groups is 1. The lowest BCUT2D eigenvalue weighted by Crippen LogP contribution is -1.90. The summed E-state index contributed by atoms with van der Waals surface area (Å²) in [4.78, 5) is 11.3. The quantitative estimate of drug-likeness (QED) is 0.732. The second-order valence-corrected chi connectivity index (χ2v) is 3.35. The van der Waals surface area contributed by atoms with Gasteiger partial charge in [-0.15, -0.1) is 0 Å². The second kappa shape index (κ2) is 6.53. The van der Waals surface area contributed by atoms with E-state index in [2.05, 4.69) is 0 Å². The van der Waals surface area contributed by atoms with Gasteiger partial charge in [-0.3, -0.25) is 4.79 Å². The van der Waals surface area contributed by atoms with Crippen LogP contribution in [0.5, 0.6) is 11.5 Å². The molecule has 0 unspecified atom stereocenters. The molecule has 0 saturated carbocycles. The van der Waals surface area contributed by atoms with Crippen LogP contribution in [0, 0.1) is 0 Å². The highest BCUT2D eigenvalue weighted by molar-refractivity contribution is 6.01. The first-order valence-electron chi connectivity index (χ1n) is 5.28. The van der Waals surface area contributed by atoms with Crippen molar-refractivity contribution in [2.24, 2.45) is 0 Å². The van der Waals surface area contributed by atoms with E-state index in [0.29, 0.717) is 11.5 Å². The van der Waals surface area contributed by atoms with Gasteiger partial charge in [-0.1, -0.05) is 18.2 Å². The van der Waals surface area contributed by atoms with E-state index in [0.717, 1.165) is 5.56 Å². The van der Waals surface area contributed by atoms with Gasteiger partial charge >= 0.3 is 0 Å². The van der Waals surface area contributed by atoms with Crippen molar-refractivity contribution in [2.45, 2.75) is 6.92 Å². The molecule has 17 heavy (non-hydrogen) atoms. The minimum atomic E-state index is -0.0396. The van der Waals surface area contributed by atoms with Crippen LogP contribution in [0.4, 0.5) is 0 Å². The Morgan fingerprint density at radius 1 is 1.12 bits per heavy atom. The molecule has 1 rings (SSSR count). The molecule has 0 saturated heterocycles. The SMILES string of the molecule is C/C=C/C(=O)/C=C/c1ccc(OC)c(OC)c1. The standard InChI is InChI=1S/C14H16O3/c1-4-5-12(15)8-6-11-7-9-13(16-2)14(10-11)17-3/h4-10H,1-3H3/b5-4+,8-6+. The van der Waals surface area contributed by atoms with Crippen LogP contribution in [-0.4, -0.2) is 20.0 Å². The largest absolute Gasteiger partial charge is 0.493 e. The molecular weight excluding hydrogens is 216 g/mol. The van der Waals surface area contributed by atoms with E-state index >= 15 is 0 Å². The van der Waals surface area contributed by atoms with Crippen molar-refractivity contribution in [1.29, 1.82) is 0 Å². The number of rotatable bonds is 5. The third-order valence-corrected chi connectivity index (χ3v) is 2.18. The number of carbonyl (C=O) groups excluding carboxylic acids is 1. The number of ether oxygens (including phenoxy) is 2. The zero-order valence-corrected chi connectivity index (χ0v) is 10.3. The fourth-order valence-corrected chi connectivity index (χ4v) is 1.35. The Morgan fingerprint density at radius 2 is 1.82 bits per heavy atom. The van der Waals surface area contributed by atoms with Gasteiger partial charge in [0.15, 0.2) is 17.3 Å². The van der Waals surface area contributed by atoms with Crippen LogP contribution in [0.15, 0.2) is 36.4 Å². The normalized spacial score (nSPS) is 11.0. The number of ketones is 1. The Balaban J connectivity index is 2.89. The zero-order valence-electron chi connectivity index (χ0n) is 10.3. The maximum Gasteiger partial charge on any atom is 0.178 e. The molecule has 0 atom stereocenters. The highest BCUT2D eigenvalue weighted by Crippen LogP contribution is 2.27. The Kier molecular flexibility index (Phi) is 5.01. The first kappa shape index (κ1) is 13.0. The molecule has 1 aromatic rings. The van der Waals surface area contributed by atoms with Crippen molar-refractivity contribution in [1.82, 2.24) is 0 Å². The Bertz CT molecular complexity index is 445. The smallest absolute Gasteiger partial charge is 0.178 e. The molecule has 0 fully saturated rings. The second-order valence-electron chi connectivity index (χ2n) is 3.35. The molecule has 0 N–H and O–H groups in total. The van der Waals surface area contributed by atoms with Crippen LogP contribution in [0.2, 0.25) is 0 Å². The van der Waals surface area contributed by atoms with E-state index in [-0.39, 0.29) is 5.78 Å². The van der Waals surface area contributed by atoms with Crippen LogP contribution in [-0.2, 0) is 4.79 Å². The highest BCUT2D eigenvalue weighted by atomic mass is 16.5. The third-order valence-electron chi connectivity index (χ3n) is 2.18. The van der Waals surface area contributed by atoms with Crippen LogP contribution in [0.3, 0.4) is 0 Å². The molecule has 1 aromatic carbocycles. The monoisotopic (exact) mass is 232 g/mol. The van der Waals surface area contributed by atoms with Gasteiger partial charge in [-0.2, -0.15) is 0 Å². The topological polar surface area (TPSA) is 35.5 Å². The zero-order chi connectivity index (χ0) is 12.7. The summed E-state index contributed by atoms with van der Waals surface area (Å²) in [6.45, 7) is 1.81. The van der Waals surface area contributed by atoms with Gasteiger partial charge in [0.05, 0.1) is 14.2 Å². The summed E-state index contributed by atoms with van der Waals surface area (Å²) in [5.74, 6) is 1.28. The fraction of sp³-hybridized carbons (Fsp3) is 0.214. The molecule has 0 aliphatic carbocycles. The minimum absolute atomic E-state index is 0.0396. The van der Waals surface area contributed by atoms with Crippen molar-refractivity contribution >= 4 is 11.9 Å². The number of methoxy groups -OCH3 is 2. The molecule has 0 heterocycles. The Morgan fingerprint density at radius 3 is 2.41 bits per heavy atom. The van der Waals surface area contributed by atoms with E-state index in [1.807, 2.05) is 19.1 Å². The van der Waals surface area contributed by atoms with Crippen LogP contribution in [0.1, 0.15) is 12.5 Å². The maximum absolute atomic E-state index is 11.3. The number of benzene rings is 1. The maximum atomic E-state index is 11.3. The van der Waals surface area contributed by atoms with Crippen molar-refractivity contribution < 1.29 is 14.3 Å². The molecule has 0 amide bonds. The molecule has 0 aliphatic rings. The number of hydrogen-bond acceptors (Lipinski definition) is 3. The lowest BCUT2D eigenvalue weighted by molar-refractivity contribution is -0.110. The summed E-state index contributed by atoms with van der Waals surface area (Å²) in [7, 11) is 3.17. The van der Waals surface area contributed by atoms with E-state index in [9.17, 15) is 4.79 Å². The van der Waals surface area contributed by atoms with Crippen LogP contribution >= 0.6 is 0 Å². The first-order chi connectivity index (χ1) is 8.21. The minimum Gasteiger partial charge on any atom is -0.493 e. The van der Waals surface area contributed by atoms with Gasteiger partial charge < -0.3 is 9.47 Å². The average Bonchev–Trinajstić information content (AvgIpc) is 2.36. The average molecular weight is 232 g/mol. The molecule has 3 heteroatoms. The summed E-state index contributed by atoms with van der Waals surface area (Å²) in [6, 6.07) is 5.48. The molecule has 0 radical (unpaired) electrons. The van der Waals surface area contributed by atoms with Gasteiger partial charge in [-0.05, 0) is 36.8 Å². The van der Waals surface area contributed by atoms with E-state index in [1.54, 1.807) is 32.4 Å². The fourth-order valence-electron chi connectivity index (χ4n) is 1.35. The van der Waals surface area contributed by atoms with Crippen LogP contribution < -0.4 is 9.47 Å². The summed E-state index contributed by atoms with van der Waals surface area (Å²) < 4.78 is 10.3. The van der Waals surface area contributed by atoms with E-state index < -0.39 is 0 Å². The number of hydrogen-bond donors (Lipinski definition) is 0. The van der Waals surface area contributed by atoms with Gasteiger partial charge in [0.25, 0.3) is 0 Å². The molecule has 0 bridgehead atoms. The third kappa shape index (κ3) is 3.79. The highest BCUT2D eigenvalue weighted by Gasteiger charge is 2.02. The van der Waals surface area contributed by atoms with Crippen molar-refractivity contribution in [3.05, 3.63) is 42.0 Å². The van der Waals surface area contributed by atoms with Gasteiger partial charge in [0.1, 0.15) is 0 Å². The first-order valence-corrected chi connectivity index (χ1v) is 5.28. The molecule has 0 aromatic heterocycles. The molecule has 90 valence electrons. The lowest BCUT2D eigenvalue weighted by atomic mass is 10.1. The predicted octanol–water partition coefficient (Wildman–Crippen LogP) is 2.86. The number of allylic oxidation sites excluding steroid dienone is 3. The lowest BCUT2D eigenvalue weighted by Gasteiger charge is -2.07. The van der Waals surface area contributed by atoms with E-state index in [1.165, 1.54) is 12.2 Å². The Labute approximate surface area is 101 Å². The van der Waals surface area contributed by atoms with E-state index in [4.69, 9.17) is 9.47 Å². The molecule has 3 nitrogen and oxygen atoms in total.